The molecular weight excluding hydrogens is 454 g/mol. The van der Waals surface area contributed by atoms with Crippen molar-refractivity contribution in [1.82, 2.24) is 9.21 Å². The minimum Gasteiger partial charge on any atom is -0.495 e. The Labute approximate surface area is 192 Å². The van der Waals surface area contributed by atoms with Crippen molar-refractivity contribution in [2.45, 2.75) is 24.3 Å². The van der Waals surface area contributed by atoms with Gasteiger partial charge in [0.2, 0.25) is 15.9 Å². The summed E-state index contributed by atoms with van der Waals surface area (Å²) in [4.78, 5) is 29.3. The monoisotopic (exact) mass is 477 g/mol. The van der Waals surface area contributed by atoms with Gasteiger partial charge in [-0.15, -0.1) is 0 Å². The molecule has 2 aromatic carbocycles. The van der Waals surface area contributed by atoms with E-state index in [-0.39, 0.29) is 36.2 Å². The number of methoxy groups -OCH3 is 1. The predicted octanol–water partition coefficient (Wildman–Crippen LogP) is 2.30. The fourth-order valence-electron chi connectivity index (χ4n) is 4.14. The molecule has 32 heavy (non-hydrogen) atoms. The molecule has 10 heteroatoms. The lowest BCUT2D eigenvalue weighted by molar-refractivity contribution is -0.123. The van der Waals surface area contributed by atoms with Crippen molar-refractivity contribution in [3.63, 3.8) is 0 Å². The molecule has 0 aromatic heterocycles. The minimum absolute atomic E-state index is 0.0368. The lowest BCUT2D eigenvalue weighted by atomic mass is 10.1. The molecule has 1 unspecified atom stereocenters. The van der Waals surface area contributed by atoms with Gasteiger partial charge in [-0.05, 0) is 30.7 Å². The van der Waals surface area contributed by atoms with Crippen LogP contribution in [0.15, 0.2) is 47.4 Å². The summed E-state index contributed by atoms with van der Waals surface area (Å²) in [5, 5.41) is 0.483. The van der Waals surface area contributed by atoms with Gasteiger partial charge in [0.1, 0.15) is 5.75 Å². The summed E-state index contributed by atoms with van der Waals surface area (Å²) >= 11 is 6.16. The fraction of sp³-hybridized carbons (Fsp3) is 0.364. The summed E-state index contributed by atoms with van der Waals surface area (Å²) in [7, 11) is -2.13. The lowest BCUT2D eigenvalue weighted by Crippen LogP contribution is -2.53. The van der Waals surface area contributed by atoms with Gasteiger partial charge in [0.25, 0.3) is 5.91 Å². The van der Waals surface area contributed by atoms with Crippen LogP contribution in [0.3, 0.4) is 0 Å². The molecule has 2 amide bonds. The highest BCUT2D eigenvalue weighted by atomic mass is 35.5. The molecule has 0 N–H and O–H groups in total. The highest BCUT2D eigenvalue weighted by Crippen LogP contribution is 2.37. The zero-order valence-corrected chi connectivity index (χ0v) is 19.4. The third-order valence-corrected chi connectivity index (χ3v) is 8.24. The molecule has 1 atom stereocenters. The molecule has 0 aliphatic carbocycles. The summed E-state index contributed by atoms with van der Waals surface area (Å²) in [5.41, 5.74) is 1.10. The van der Waals surface area contributed by atoms with Gasteiger partial charge >= 0.3 is 0 Å². The van der Waals surface area contributed by atoms with Crippen molar-refractivity contribution in [2.24, 2.45) is 0 Å². The highest BCUT2D eigenvalue weighted by Gasteiger charge is 2.45. The standard InChI is InChI=1S/C22H24ClN3O5S/c1-15-12-18(20(31-2)13-17(15)23)26-21(27)14-19(22(26)28)24-8-10-25(11-9-24)32(29,30)16-6-4-3-5-7-16/h3-7,12-13,19H,8-11,14H2,1-2H3. The molecule has 2 saturated heterocycles. The minimum atomic E-state index is -3.59. The van der Waals surface area contributed by atoms with Crippen LogP contribution in [0, 0.1) is 6.92 Å². The Hall–Kier alpha value is -2.46. The number of piperazine rings is 1. The zero-order chi connectivity index (χ0) is 23.0. The molecule has 0 radical (unpaired) electrons. The number of anilines is 1. The van der Waals surface area contributed by atoms with Crippen LogP contribution in [0.25, 0.3) is 0 Å². The first-order valence-electron chi connectivity index (χ1n) is 10.2. The molecule has 2 fully saturated rings. The van der Waals surface area contributed by atoms with Crippen LogP contribution in [0.5, 0.6) is 5.75 Å². The molecule has 0 spiro atoms. The summed E-state index contributed by atoms with van der Waals surface area (Å²) in [6, 6.07) is 10.9. The van der Waals surface area contributed by atoms with Crippen LogP contribution in [-0.2, 0) is 19.6 Å². The van der Waals surface area contributed by atoms with Crippen LogP contribution < -0.4 is 9.64 Å². The zero-order valence-electron chi connectivity index (χ0n) is 17.8. The average molecular weight is 478 g/mol. The van der Waals surface area contributed by atoms with Crippen molar-refractivity contribution >= 4 is 39.1 Å². The number of carbonyl (C=O) groups excluding carboxylic acids is 2. The number of aryl methyl sites for hydroxylation is 1. The second-order valence-electron chi connectivity index (χ2n) is 7.81. The van der Waals surface area contributed by atoms with Gasteiger partial charge in [0.15, 0.2) is 0 Å². The fourth-order valence-corrected chi connectivity index (χ4v) is 5.73. The van der Waals surface area contributed by atoms with Crippen molar-refractivity contribution < 1.29 is 22.7 Å². The van der Waals surface area contributed by atoms with E-state index in [1.165, 1.54) is 11.4 Å². The van der Waals surface area contributed by atoms with Crippen LogP contribution in [0.2, 0.25) is 5.02 Å². The Morgan fingerprint density at radius 3 is 2.31 bits per heavy atom. The third-order valence-electron chi connectivity index (χ3n) is 5.92. The topological polar surface area (TPSA) is 87.2 Å². The quantitative estimate of drug-likeness (QED) is 0.614. The maximum absolute atomic E-state index is 13.2. The van der Waals surface area contributed by atoms with Crippen molar-refractivity contribution in [3.8, 4) is 5.75 Å². The average Bonchev–Trinajstić information content (AvgIpc) is 3.09. The van der Waals surface area contributed by atoms with Crippen LogP contribution in [0.4, 0.5) is 5.69 Å². The molecule has 2 aromatic rings. The van der Waals surface area contributed by atoms with E-state index < -0.39 is 16.1 Å². The van der Waals surface area contributed by atoms with E-state index >= 15 is 0 Å². The van der Waals surface area contributed by atoms with Gasteiger partial charge in [-0.2, -0.15) is 4.31 Å². The SMILES string of the molecule is COc1cc(Cl)c(C)cc1N1C(=O)CC(N2CCN(S(=O)(=O)c3ccccc3)CC2)C1=O. The second kappa shape index (κ2) is 8.82. The number of halogens is 1. The number of carbonyl (C=O) groups is 2. The smallest absolute Gasteiger partial charge is 0.251 e. The van der Waals surface area contributed by atoms with Crippen LogP contribution >= 0.6 is 11.6 Å². The molecule has 2 aliphatic heterocycles. The molecule has 2 heterocycles. The molecule has 4 rings (SSSR count). The number of imide groups is 1. The number of hydrogen-bond donors (Lipinski definition) is 0. The van der Waals surface area contributed by atoms with Crippen LogP contribution in [0.1, 0.15) is 12.0 Å². The first kappa shape index (κ1) is 22.7. The number of rotatable bonds is 5. The van der Waals surface area contributed by atoms with Crippen LogP contribution in [-0.4, -0.2) is 68.8 Å². The van der Waals surface area contributed by atoms with Gasteiger partial charge < -0.3 is 4.74 Å². The number of ether oxygens (including phenoxy) is 1. The Bertz CT molecular complexity index is 1150. The third kappa shape index (κ3) is 4.01. The lowest BCUT2D eigenvalue weighted by Gasteiger charge is -2.36. The van der Waals surface area contributed by atoms with Gasteiger partial charge in [-0.1, -0.05) is 29.8 Å². The summed E-state index contributed by atoms with van der Waals surface area (Å²) in [6.07, 6.45) is 0.0368. The Morgan fingerprint density at radius 1 is 1.03 bits per heavy atom. The molecule has 0 bridgehead atoms. The largest absolute Gasteiger partial charge is 0.495 e. The van der Waals surface area contributed by atoms with Crippen molar-refractivity contribution in [2.75, 3.05) is 38.2 Å². The molecule has 170 valence electrons. The van der Waals surface area contributed by atoms with E-state index in [1.54, 1.807) is 49.4 Å². The molecule has 0 saturated carbocycles. The van der Waals surface area contributed by atoms with Gasteiger partial charge in [-0.25, -0.2) is 13.3 Å². The van der Waals surface area contributed by atoms with E-state index in [4.69, 9.17) is 16.3 Å². The number of benzene rings is 2. The van der Waals surface area contributed by atoms with E-state index in [9.17, 15) is 18.0 Å². The van der Waals surface area contributed by atoms with Crippen molar-refractivity contribution in [1.29, 1.82) is 0 Å². The van der Waals surface area contributed by atoms with Gasteiger partial charge in [0.05, 0.1) is 30.2 Å². The van der Waals surface area contributed by atoms with Gasteiger partial charge in [-0.3, -0.25) is 14.5 Å². The molecule has 8 nitrogen and oxygen atoms in total. The normalized spacial score (nSPS) is 20.7. The molecular formula is C22H24ClN3O5S. The number of nitrogens with zero attached hydrogens (tertiary/aromatic N) is 3. The Morgan fingerprint density at radius 2 is 1.69 bits per heavy atom. The predicted molar refractivity (Wildman–Crippen MR) is 120 cm³/mol. The number of amides is 2. The number of hydrogen-bond acceptors (Lipinski definition) is 6. The maximum atomic E-state index is 13.2. The first-order chi connectivity index (χ1) is 15.2. The second-order valence-corrected chi connectivity index (χ2v) is 10.2. The highest BCUT2D eigenvalue weighted by molar-refractivity contribution is 7.89. The van der Waals surface area contributed by atoms with E-state index in [0.29, 0.717) is 29.5 Å². The number of sulfonamides is 1. The summed E-state index contributed by atoms with van der Waals surface area (Å²) < 4.78 is 32.5. The van der Waals surface area contributed by atoms with Crippen molar-refractivity contribution in [3.05, 3.63) is 53.1 Å². The van der Waals surface area contributed by atoms with E-state index in [2.05, 4.69) is 0 Å². The Balaban J connectivity index is 1.50. The maximum Gasteiger partial charge on any atom is 0.251 e. The van der Waals surface area contributed by atoms with E-state index in [0.717, 1.165) is 10.5 Å². The Kier molecular flexibility index (Phi) is 6.26. The first-order valence-corrected chi connectivity index (χ1v) is 12.1. The van der Waals surface area contributed by atoms with E-state index in [1.807, 2.05) is 4.90 Å². The van der Waals surface area contributed by atoms with Gasteiger partial charge in [0, 0.05) is 37.3 Å². The summed E-state index contributed by atoms with van der Waals surface area (Å²) in [5.74, 6) is -0.310. The summed E-state index contributed by atoms with van der Waals surface area (Å²) in [6.45, 7) is 3.01. The molecule has 2 aliphatic rings.